The molecule has 0 fully saturated rings. The SMILES string of the molecule is Cc1c(Br)cc(C(=O)O)cc1S(=O)(=O)NCC(F)F. The van der Waals surface area contributed by atoms with Gasteiger partial charge < -0.3 is 5.11 Å². The first-order valence-electron chi connectivity index (χ1n) is 4.96. The molecule has 1 aromatic rings. The Morgan fingerprint density at radius 2 is 2.05 bits per heavy atom. The number of alkyl halides is 2. The molecule has 0 unspecified atom stereocenters. The molecule has 0 saturated heterocycles. The van der Waals surface area contributed by atoms with Crippen LogP contribution in [0.5, 0.6) is 0 Å². The first-order valence-corrected chi connectivity index (χ1v) is 7.24. The van der Waals surface area contributed by atoms with Crippen molar-refractivity contribution < 1.29 is 27.1 Å². The number of sulfonamides is 1. The topological polar surface area (TPSA) is 83.5 Å². The Morgan fingerprint density at radius 1 is 1.47 bits per heavy atom. The lowest BCUT2D eigenvalue weighted by molar-refractivity contribution is 0.0696. The number of halogens is 3. The monoisotopic (exact) mass is 357 g/mol. The van der Waals surface area contributed by atoms with Gasteiger partial charge in [0, 0.05) is 4.47 Å². The molecule has 0 bridgehead atoms. The maximum atomic E-state index is 12.0. The molecule has 0 aliphatic rings. The van der Waals surface area contributed by atoms with Gasteiger partial charge in [-0.1, -0.05) is 15.9 Å². The Morgan fingerprint density at radius 3 is 2.53 bits per heavy atom. The van der Waals surface area contributed by atoms with E-state index in [-0.39, 0.29) is 20.5 Å². The molecule has 0 aliphatic carbocycles. The van der Waals surface area contributed by atoms with Gasteiger partial charge in [0.15, 0.2) is 0 Å². The normalized spacial score (nSPS) is 11.8. The quantitative estimate of drug-likeness (QED) is 0.844. The summed E-state index contributed by atoms with van der Waals surface area (Å²) in [6.45, 7) is 0.406. The van der Waals surface area contributed by atoms with E-state index in [4.69, 9.17) is 5.11 Å². The van der Waals surface area contributed by atoms with Gasteiger partial charge in [0.25, 0.3) is 6.43 Å². The van der Waals surface area contributed by atoms with E-state index >= 15 is 0 Å². The molecule has 9 heteroatoms. The van der Waals surface area contributed by atoms with Gasteiger partial charge >= 0.3 is 5.97 Å². The average molecular weight is 358 g/mol. The van der Waals surface area contributed by atoms with E-state index in [9.17, 15) is 22.0 Å². The second kappa shape index (κ2) is 5.93. The van der Waals surface area contributed by atoms with Crippen LogP contribution in [0, 0.1) is 6.92 Å². The minimum Gasteiger partial charge on any atom is -0.478 e. The molecule has 5 nitrogen and oxygen atoms in total. The lowest BCUT2D eigenvalue weighted by atomic mass is 10.1. The van der Waals surface area contributed by atoms with Crippen LogP contribution in [0.3, 0.4) is 0 Å². The number of hydrogen-bond donors (Lipinski definition) is 2. The maximum Gasteiger partial charge on any atom is 0.335 e. The van der Waals surface area contributed by atoms with Crippen molar-refractivity contribution in [3.05, 3.63) is 27.7 Å². The number of nitrogens with one attached hydrogen (secondary N) is 1. The summed E-state index contributed by atoms with van der Waals surface area (Å²) in [5, 5.41) is 8.85. The highest BCUT2D eigenvalue weighted by molar-refractivity contribution is 9.10. The highest BCUT2D eigenvalue weighted by Crippen LogP contribution is 2.25. The number of hydrogen-bond acceptors (Lipinski definition) is 3. The fraction of sp³-hybridized carbons (Fsp3) is 0.300. The van der Waals surface area contributed by atoms with E-state index in [0.29, 0.717) is 0 Å². The van der Waals surface area contributed by atoms with Crippen LogP contribution in [0.4, 0.5) is 8.78 Å². The first kappa shape index (κ1) is 16.0. The van der Waals surface area contributed by atoms with Crippen molar-refractivity contribution in [2.45, 2.75) is 18.2 Å². The van der Waals surface area contributed by atoms with Crippen LogP contribution in [0.1, 0.15) is 15.9 Å². The van der Waals surface area contributed by atoms with E-state index in [1.807, 2.05) is 0 Å². The summed E-state index contributed by atoms with van der Waals surface area (Å²) < 4.78 is 49.7. The standard InChI is InChI=1S/C10H10BrF2NO4S/c1-5-7(11)2-6(10(15)16)3-8(5)19(17,18)14-4-9(12)13/h2-3,9,14H,4H2,1H3,(H,15,16). The van der Waals surface area contributed by atoms with Crippen LogP contribution in [-0.4, -0.2) is 32.5 Å². The molecule has 0 amide bonds. The molecule has 106 valence electrons. The Kier molecular flexibility index (Phi) is 4.99. The van der Waals surface area contributed by atoms with Crippen LogP contribution in [0.15, 0.2) is 21.5 Å². The van der Waals surface area contributed by atoms with E-state index in [2.05, 4.69) is 15.9 Å². The number of carboxylic acid groups (broad SMARTS) is 1. The van der Waals surface area contributed by atoms with Crippen LogP contribution >= 0.6 is 15.9 Å². The van der Waals surface area contributed by atoms with Crippen molar-refractivity contribution in [1.29, 1.82) is 0 Å². The van der Waals surface area contributed by atoms with Crippen LogP contribution in [-0.2, 0) is 10.0 Å². The van der Waals surface area contributed by atoms with Crippen molar-refractivity contribution in [3.63, 3.8) is 0 Å². The number of aromatic carboxylic acids is 1. The minimum absolute atomic E-state index is 0.242. The fourth-order valence-corrected chi connectivity index (χ4v) is 3.19. The van der Waals surface area contributed by atoms with Gasteiger partial charge in [-0.2, -0.15) is 0 Å². The number of benzene rings is 1. The molecular weight excluding hydrogens is 348 g/mol. The van der Waals surface area contributed by atoms with E-state index in [1.54, 1.807) is 4.72 Å². The van der Waals surface area contributed by atoms with Crippen LogP contribution in [0.2, 0.25) is 0 Å². The summed E-state index contributed by atoms with van der Waals surface area (Å²) in [7, 11) is -4.19. The van der Waals surface area contributed by atoms with Gasteiger partial charge in [0.2, 0.25) is 10.0 Å². The van der Waals surface area contributed by atoms with Gasteiger partial charge in [-0.15, -0.1) is 0 Å². The Hall–Kier alpha value is -1.06. The zero-order valence-electron chi connectivity index (χ0n) is 9.65. The third kappa shape index (κ3) is 3.95. The largest absolute Gasteiger partial charge is 0.478 e. The van der Waals surface area contributed by atoms with Crippen molar-refractivity contribution in [3.8, 4) is 0 Å². The molecule has 0 atom stereocenters. The van der Waals surface area contributed by atoms with Crippen LogP contribution in [0.25, 0.3) is 0 Å². The highest BCUT2D eigenvalue weighted by Gasteiger charge is 2.22. The molecule has 1 aromatic carbocycles. The summed E-state index contributed by atoms with van der Waals surface area (Å²) in [5.74, 6) is -1.31. The lowest BCUT2D eigenvalue weighted by Gasteiger charge is -2.11. The van der Waals surface area contributed by atoms with Crippen LogP contribution < -0.4 is 4.72 Å². The molecule has 0 saturated carbocycles. The van der Waals surface area contributed by atoms with Gasteiger partial charge in [0.05, 0.1) is 17.0 Å². The molecule has 0 radical (unpaired) electrons. The van der Waals surface area contributed by atoms with Gasteiger partial charge in [0.1, 0.15) is 0 Å². The Balaban J connectivity index is 3.29. The number of carbonyl (C=O) groups is 1. The number of carboxylic acids is 1. The fourth-order valence-electron chi connectivity index (χ4n) is 1.31. The Bertz CT molecular complexity index is 604. The second-order valence-electron chi connectivity index (χ2n) is 3.63. The molecular formula is C10H10BrF2NO4S. The minimum atomic E-state index is -4.19. The Labute approximate surface area is 116 Å². The summed E-state index contributed by atoms with van der Waals surface area (Å²) >= 11 is 3.03. The molecule has 0 aromatic heterocycles. The predicted octanol–water partition coefficient (Wildman–Crippen LogP) is 2.00. The summed E-state index contributed by atoms with van der Waals surface area (Å²) in [6.07, 6.45) is -2.83. The zero-order valence-corrected chi connectivity index (χ0v) is 12.1. The highest BCUT2D eigenvalue weighted by atomic mass is 79.9. The summed E-state index contributed by atoms with van der Waals surface area (Å²) in [6, 6.07) is 2.17. The van der Waals surface area contributed by atoms with E-state index in [1.165, 1.54) is 13.0 Å². The van der Waals surface area contributed by atoms with Gasteiger partial charge in [-0.05, 0) is 24.6 Å². The zero-order chi connectivity index (χ0) is 14.8. The average Bonchev–Trinajstić information content (AvgIpc) is 2.29. The summed E-state index contributed by atoms with van der Waals surface area (Å²) in [5.41, 5.74) is -0.0123. The van der Waals surface area contributed by atoms with Crippen molar-refractivity contribution >= 4 is 31.9 Å². The smallest absolute Gasteiger partial charge is 0.335 e. The predicted molar refractivity (Wildman–Crippen MR) is 67.0 cm³/mol. The molecule has 0 spiro atoms. The third-order valence-electron chi connectivity index (χ3n) is 2.26. The van der Waals surface area contributed by atoms with Crippen molar-refractivity contribution in [2.75, 3.05) is 6.54 Å². The third-order valence-corrected chi connectivity index (χ3v) is 4.63. The van der Waals surface area contributed by atoms with Gasteiger partial charge in [-0.25, -0.2) is 26.7 Å². The van der Waals surface area contributed by atoms with E-state index < -0.39 is 29.0 Å². The van der Waals surface area contributed by atoms with E-state index in [0.717, 1.165) is 6.07 Å². The second-order valence-corrected chi connectivity index (χ2v) is 6.22. The maximum absolute atomic E-state index is 12.0. The molecule has 19 heavy (non-hydrogen) atoms. The van der Waals surface area contributed by atoms with Crippen molar-refractivity contribution in [1.82, 2.24) is 4.72 Å². The first-order chi connectivity index (χ1) is 8.65. The lowest BCUT2D eigenvalue weighted by Crippen LogP contribution is -2.29. The summed E-state index contributed by atoms with van der Waals surface area (Å²) in [4.78, 5) is 10.5. The molecule has 0 aliphatic heterocycles. The van der Waals surface area contributed by atoms with Crippen molar-refractivity contribution in [2.24, 2.45) is 0 Å². The molecule has 2 N–H and O–H groups in total. The molecule has 1 rings (SSSR count). The molecule has 0 heterocycles. The van der Waals surface area contributed by atoms with Gasteiger partial charge in [-0.3, -0.25) is 0 Å². The number of rotatable bonds is 5.